The van der Waals surface area contributed by atoms with Crippen molar-refractivity contribution in [3.05, 3.63) is 23.3 Å². The van der Waals surface area contributed by atoms with E-state index < -0.39 is 6.17 Å². The largest absolute Gasteiger partial charge is 0.493 e. The first-order chi connectivity index (χ1) is 12.8. The molecule has 150 valence electrons. The second-order valence-electron chi connectivity index (χ2n) is 9.20. The molecule has 0 radical (unpaired) electrons. The van der Waals surface area contributed by atoms with Crippen LogP contribution in [0, 0.1) is 0 Å². The van der Waals surface area contributed by atoms with Gasteiger partial charge in [0.25, 0.3) is 0 Å². The van der Waals surface area contributed by atoms with Crippen molar-refractivity contribution >= 4 is 0 Å². The number of methoxy groups -OCH3 is 1. The van der Waals surface area contributed by atoms with Gasteiger partial charge in [0, 0.05) is 32.0 Å². The summed E-state index contributed by atoms with van der Waals surface area (Å²) in [4.78, 5) is 2.56. The van der Waals surface area contributed by atoms with Gasteiger partial charge in [0.2, 0.25) is 0 Å². The molecule has 2 heterocycles. The molecule has 3 aliphatic rings. The molecule has 5 heteroatoms. The third kappa shape index (κ3) is 4.09. The van der Waals surface area contributed by atoms with Gasteiger partial charge in [-0.05, 0) is 63.3 Å². The van der Waals surface area contributed by atoms with Crippen molar-refractivity contribution in [3.8, 4) is 11.5 Å². The average Bonchev–Trinajstić information content (AvgIpc) is 2.58. The molecule has 2 aliphatic heterocycles. The molecule has 1 aromatic carbocycles. The normalized spacial score (nSPS) is 30.9. The topological polar surface area (TPSA) is 30.9 Å². The van der Waals surface area contributed by atoms with Gasteiger partial charge in [-0.25, -0.2) is 4.39 Å². The van der Waals surface area contributed by atoms with E-state index in [-0.39, 0.29) is 11.7 Å². The zero-order valence-electron chi connectivity index (χ0n) is 17.0. The molecule has 2 unspecified atom stereocenters. The predicted octanol–water partition coefficient (Wildman–Crippen LogP) is 4.45. The van der Waals surface area contributed by atoms with Crippen molar-refractivity contribution in [2.45, 2.75) is 82.9 Å². The zero-order valence-corrected chi connectivity index (χ0v) is 17.0. The average molecular weight is 378 g/mol. The number of piperidine rings is 1. The Morgan fingerprint density at radius 2 is 1.85 bits per heavy atom. The van der Waals surface area contributed by atoms with E-state index in [1.165, 1.54) is 11.1 Å². The third-order valence-electron chi connectivity index (χ3n) is 5.94. The van der Waals surface area contributed by atoms with Gasteiger partial charge >= 0.3 is 0 Å². The minimum Gasteiger partial charge on any atom is -0.493 e. The summed E-state index contributed by atoms with van der Waals surface area (Å²) in [7, 11) is 1.68. The first-order valence-corrected chi connectivity index (χ1v) is 10.3. The summed E-state index contributed by atoms with van der Waals surface area (Å²) in [5.41, 5.74) is 2.61. The molecule has 27 heavy (non-hydrogen) atoms. The monoisotopic (exact) mass is 377 g/mol. The van der Waals surface area contributed by atoms with E-state index in [1.54, 1.807) is 7.11 Å². The first kappa shape index (κ1) is 19.0. The summed E-state index contributed by atoms with van der Waals surface area (Å²) < 4.78 is 31.0. The van der Waals surface area contributed by atoms with Crippen LogP contribution in [0.1, 0.15) is 63.6 Å². The molecule has 0 spiro atoms. The Morgan fingerprint density at radius 1 is 1.07 bits per heavy atom. The summed E-state index contributed by atoms with van der Waals surface area (Å²) in [6.45, 7) is 8.42. The number of hydrogen-bond donors (Lipinski definition) is 0. The minimum absolute atomic E-state index is 0.0166. The van der Waals surface area contributed by atoms with Crippen LogP contribution in [-0.4, -0.2) is 49.1 Å². The summed E-state index contributed by atoms with van der Waals surface area (Å²) in [6.07, 6.45) is 3.75. The predicted molar refractivity (Wildman–Crippen MR) is 103 cm³/mol. The Bertz CT molecular complexity index is 681. The number of nitrogens with zero attached hydrogens (tertiary/aromatic N) is 1. The standard InChI is InChI=1S/C22H32FNO3/c1-22(2,3)27-16-5-6-19-18-12-20(25-4)21(26-17-10-15(23)11-17)9-14(18)7-8-24(19)13-16/h9,12,15-17,19H,5-8,10-11,13H2,1-4H3. The molecule has 4 nitrogen and oxygen atoms in total. The second-order valence-corrected chi connectivity index (χ2v) is 9.20. The van der Waals surface area contributed by atoms with E-state index in [1.807, 2.05) is 0 Å². The molecular formula is C22H32FNO3. The molecule has 2 atom stereocenters. The smallest absolute Gasteiger partial charge is 0.161 e. The Hall–Kier alpha value is -1.33. The quantitative estimate of drug-likeness (QED) is 0.776. The number of fused-ring (bicyclic) bond motifs is 3. The van der Waals surface area contributed by atoms with Crippen molar-refractivity contribution in [3.63, 3.8) is 0 Å². The van der Waals surface area contributed by atoms with Crippen molar-refractivity contribution in [1.29, 1.82) is 0 Å². The van der Waals surface area contributed by atoms with Gasteiger partial charge in [-0.3, -0.25) is 4.90 Å². The summed E-state index contributed by atoms with van der Waals surface area (Å²) in [6, 6.07) is 4.71. The van der Waals surface area contributed by atoms with Crippen LogP contribution in [0.5, 0.6) is 11.5 Å². The molecular weight excluding hydrogens is 345 g/mol. The number of halogens is 1. The van der Waals surface area contributed by atoms with Gasteiger partial charge in [0.05, 0.1) is 18.8 Å². The highest BCUT2D eigenvalue weighted by Gasteiger charge is 2.36. The maximum atomic E-state index is 13.1. The fraction of sp³-hybridized carbons (Fsp3) is 0.727. The highest BCUT2D eigenvalue weighted by atomic mass is 19.1. The fourth-order valence-corrected chi connectivity index (χ4v) is 4.64. The van der Waals surface area contributed by atoms with Crippen LogP contribution in [0.25, 0.3) is 0 Å². The van der Waals surface area contributed by atoms with E-state index in [2.05, 4.69) is 37.8 Å². The van der Waals surface area contributed by atoms with Gasteiger partial charge in [-0.15, -0.1) is 0 Å². The maximum absolute atomic E-state index is 13.1. The van der Waals surface area contributed by atoms with Crippen LogP contribution in [0.2, 0.25) is 0 Å². The van der Waals surface area contributed by atoms with Gasteiger partial charge in [0.15, 0.2) is 11.5 Å². The highest BCUT2D eigenvalue weighted by molar-refractivity contribution is 5.50. The fourth-order valence-electron chi connectivity index (χ4n) is 4.64. The third-order valence-corrected chi connectivity index (χ3v) is 5.94. The summed E-state index contributed by atoms with van der Waals surface area (Å²) in [5, 5.41) is 0. The Labute approximate surface area is 162 Å². The lowest BCUT2D eigenvalue weighted by Crippen LogP contribution is -2.47. The maximum Gasteiger partial charge on any atom is 0.161 e. The lowest BCUT2D eigenvalue weighted by atomic mass is 9.85. The lowest BCUT2D eigenvalue weighted by molar-refractivity contribution is -0.0971. The minimum atomic E-state index is -0.710. The van der Waals surface area contributed by atoms with Crippen molar-refractivity contribution < 1.29 is 18.6 Å². The summed E-state index contributed by atoms with van der Waals surface area (Å²) >= 11 is 0. The van der Waals surface area contributed by atoms with Crippen LogP contribution in [0.4, 0.5) is 4.39 Å². The van der Waals surface area contributed by atoms with Crippen molar-refractivity contribution in [2.75, 3.05) is 20.2 Å². The molecule has 0 amide bonds. The van der Waals surface area contributed by atoms with Crippen LogP contribution in [-0.2, 0) is 11.2 Å². The molecule has 1 saturated heterocycles. The first-order valence-electron chi connectivity index (χ1n) is 10.3. The lowest BCUT2D eigenvalue weighted by Gasteiger charge is -2.45. The number of alkyl halides is 1. The van der Waals surface area contributed by atoms with Crippen LogP contribution in [0.15, 0.2) is 12.1 Å². The van der Waals surface area contributed by atoms with E-state index in [9.17, 15) is 4.39 Å². The van der Waals surface area contributed by atoms with Gasteiger partial charge in [-0.2, -0.15) is 0 Å². The van der Waals surface area contributed by atoms with Gasteiger partial charge < -0.3 is 14.2 Å². The zero-order chi connectivity index (χ0) is 19.2. The molecule has 1 aliphatic carbocycles. The summed E-state index contributed by atoms with van der Waals surface area (Å²) in [5.74, 6) is 1.54. The van der Waals surface area contributed by atoms with Crippen molar-refractivity contribution in [2.24, 2.45) is 0 Å². The van der Waals surface area contributed by atoms with E-state index in [4.69, 9.17) is 14.2 Å². The van der Waals surface area contributed by atoms with Crippen molar-refractivity contribution in [1.82, 2.24) is 4.90 Å². The number of benzene rings is 1. The molecule has 0 aromatic heterocycles. The Kier molecular flexibility index (Phi) is 5.10. The van der Waals surface area contributed by atoms with Gasteiger partial charge in [-0.1, -0.05) is 0 Å². The molecule has 2 fully saturated rings. The van der Waals surface area contributed by atoms with Gasteiger partial charge in [0.1, 0.15) is 12.3 Å². The Morgan fingerprint density at radius 3 is 2.52 bits per heavy atom. The second kappa shape index (κ2) is 7.25. The number of rotatable bonds is 4. The highest BCUT2D eigenvalue weighted by Crippen LogP contribution is 2.43. The van der Waals surface area contributed by atoms with Crippen LogP contribution >= 0.6 is 0 Å². The van der Waals surface area contributed by atoms with Crippen LogP contribution in [0.3, 0.4) is 0 Å². The van der Waals surface area contributed by atoms with E-state index in [0.717, 1.165) is 43.9 Å². The molecule has 0 bridgehead atoms. The molecule has 1 aromatic rings. The van der Waals surface area contributed by atoms with E-state index in [0.29, 0.717) is 25.0 Å². The molecule has 1 saturated carbocycles. The molecule has 0 N–H and O–H groups in total. The number of hydrogen-bond acceptors (Lipinski definition) is 4. The van der Waals surface area contributed by atoms with E-state index >= 15 is 0 Å². The molecule has 4 rings (SSSR count). The number of ether oxygens (including phenoxy) is 3. The SMILES string of the molecule is COc1cc2c(cc1OC1CC(F)C1)CCN1CC(OC(C)(C)C)CCC21. The Balaban J connectivity index is 1.50. The van der Waals surface area contributed by atoms with Crippen LogP contribution < -0.4 is 9.47 Å².